The lowest BCUT2D eigenvalue weighted by Crippen LogP contribution is -2.31. The predicted octanol–water partition coefficient (Wildman–Crippen LogP) is 2.80. The third-order valence-corrected chi connectivity index (χ3v) is 5.01. The van der Waals surface area contributed by atoms with E-state index in [4.69, 9.17) is 0 Å². The van der Waals surface area contributed by atoms with Gasteiger partial charge in [-0.05, 0) is 48.5 Å². The first kappa shape index (κ1) is 20.3. The van der Waals surface area contributed by atoms with Gasteiger partial charge in [0.05, 0.1) is 5.69 Å². The van der Waals surface area contributed by atoms with E-state index in [0.717, 1.165) is 11.3 Å². The Morgan fingerprint density at radius 1 is 1.10 bits per heavy atom. The Balaban J connectivity index is 1.47. The smallest absolute Gasteiger partial charge is 0.276 e. The molecule has 1 N–H and O–H groups in total. The van der Waals surface area contributed by atoms with Gasteiger partial charge in [-0.1, -0.05) is 6.07 Å². The molecule has 7 nitrogen and oxygen atoms in total. The summed E-state index contributed by atoms with van der Waals surface area (Å²) in [5.41, 5.74) is 3.01. The van der Waals surface area contributed by atoms with Crippen LogP contribution in [0.3, 0.4) is 0 Å². The van der Waals surface area contributed by atoms with Gasteiger partial charge < -0.3 is 14.8 Å². The summed E-state index contributed by atoms with van der Waals surface area (Å²) in [6.07, 6.45) is 3.32. The molecule has 0 unspecified atom stereocenters. The van der Waals surface area contributed by atoms with Gasteiger partial charge in [0.25, 0.3) is 11.5 Å². The lowest BCUT2D eigenvalue weighted by atomic mass is 10.1. The van der Waals surface area contributed by atoms with Gasteiger partial charge in [0, 0.05) is 56.4 Å². The fraction of sp³-hybridized carbons (Fsp3) is 0.174. The zero-order valence-corrected chi connectivity index (χ0v) is 17.2. The molecule has 0 aliphatic rings. The maximum absolute atomic E-state index is 13.2. The van der Waals surface area contributed by atoms with Crippen LogP contribution in [0.5, 0.6) is 0 Å². The summed E-state index contributed by atoms with van der Waals surface area (Å²) in [6.45, 7) is 0.631. The second-order valence-electron chi connectivity index (χ2n) is 7.36. The van der Waals surface area contributed by atoms with Crippen molar-refractivity contribution in [2.75, 3.05) is 25.5 Å². The van der Waals surface area contributed by atoms with Crippen LogP contribution < -0.4 is 15.8 Å². The molecule has 2 heterocycles. The van der Waals surface area contributed by atoms with E-state index in [0.29, 0.717) is 29.9 Å². The molecule has 4 rings (SSSR count). The van der Waals surface area contributed by atoms with E-state index in [2.05, 4.69) is 10.4 Å². The first-order valence-electron chi connectivity index (χ1n) is 9.83. The van der Waals surface area contributed by atoms with Crippen LogP contribution in [0.4, 0.5) is 10.1 Å². The molecule has 0 spiro atoms. The molecule has 31 heavy (non-hydrogen) atoms. The van der Waals surface area contributed by atoms with E-state index in [1.165, 1.54) is 21.2 Å². The van der Waals surface area contributed by atoms with Gasteiger partial charge in [-0.15, -0.1) is 0 Å². The van der Waals surface area contributed by atoms with E-state index < -0.39 is 0 Å². The minimum absolute atomic E-state index is 0.194. The van der Waals surface area contributed by atoms with Gasteiger partial charge in [-0.2, -0.15) is 5.10 Å². The highest BCUT2D eigenvalue weighted by Crippen LogP contribution is 2.18. The Bertz CT molecular complexity index is 1290. The summed E-state index contributed by atoms with van der Waals surface area (Å²) in [5.74, 6) is -0.522. The van der Waals surface area contributed by atoms with Crippen molar-refractivity contribution in [3.8, 4) is 11.3 Å². The quantitative estimate of drug-likeness (QED) is 0.522. The minimum Gasteiger partial charge on any atom is -0.378 e. The summed E-state index contributed by atoms with van der Waals surface area (Å²) >= 11 is 0. The molecule has 0 radical (unpaired) electrons. The van der Waals surface area contributed by atoms with Gasteiger partial charge in [-0.3, -0.25) is 9.59 Å². The standard InChI is InChI=1S/C23H22FN5O2/c1-27(2)19-5-3-4-17(14-19)22(30)25-10-11-28-12-13-29-21(23(28)31)15-20(26-29)16-6-8-18(24)9-7-16/h3-9,12-15H,10-11H2,1-2H3,(H,25,30). The maximum Gasteiger partial charge on any atom is 0.276 e. The van der Waals surface area contributed by atoms with Crippen molar-refractivity contribution in [1.29, 1.82) is 0 Å². The number of carbonyl (C=O) groups excluding carboxylic acids is 1. The van der Waals surface area contributed by atoms with Crippen molar-refractivity contribution in [2.45, 2.75) is 6.54 Å². The normalized spacial score (nSPS) is 10.9. The lowest BCUT2D eigenvalue weighted by molar-refractivity contribution is 0.0952. The van der Waals surface area contributed by atoms with Gasteiger partial charge in [0.15, 0.2) is 0 Å². The molecule has 2 aromatic heterocycles. The first-order chi connectivity index (χ1) is 14.9. The van der Waals surface area contributed by atoms with Crippen LogP contribution in [0.25, 0.3) is 16.8 Å². The number of aromatic nitrogens is 3. The summed E-state index contributed by atoms with van der Waals surface area (Å²) in [6, 6.07) is 15.0. The topological polar surface area (TPSA) is 71.6 Å². The zero-order chi connectivity index (χ0) is 22.0. The van der Waals surface area contributed by atoms with Crippen molar-refractivity contribution >= 4 is 17.1 Å². The monoisotopic (exact) mass is 419 g/mol. The van der Waals surface area contributed by atoms with E-state index in [-0.39, 0.29) is 17.3 Å². The Morgan fingerprint density at radius 2 is 1.87 bits per heavy atom. The molecule has 0 aliphatic heterocycles. The molecule has 0 fully saturated rings. The second kappa shape index (κ2) is 8.43. The van der Waals surface area contributed by atoms with Gasteiger partial charge >= 0.3 is 0 Å². The highest BCUT2D eigenvalue weighted by Gasteiger charge is 2.10. The molecule has 158 valence electrons. The maximum atomic E-state index is 13.2. The van der Waals surface area contributed by atoms with Crippen LogP contribution in [0.15, 0.2) is 71.8 Å². The summed E-state index contributed by atoms with van der Waals surface area (Å²) < 4.78 is 16.2. The Labute approximate surface area is 178 Å². The van der Waals surface area contributed by atoms with Crippen molar-refractivity contribution in [2.24, 2.45) is 0 Å². The van der Waals surface area contributed by atoms with E-state index in [9.17, 15) is 14.0 Å². The number of rotatable bonds is 6. The number of hydrogen-bond acceptors (Lipinski definition) is 4. The molecule has 2 aromatic carbocycles. The van der Waals surface area contributed by atoms with Crippen molar-refractivity contribution in [1.82, 2.24) is 19.5 Å². The Morgan fingerprint density at radius 3 is 2.61 bits per heavy atom. The number of halogens is 1. The van der Waals surface area contributed by atoms with Crippen molar-refractivity contribution in [3.05, 3.63) is 88.7 Å². The van der Waals surface area contributed by atoms with Crippen molar-refractivity contribution < 1.29 is 9.18 Å². The number of nitrogens with zero attached hydrogens (tertiary/aromatic N) is 4. The largest absolute Gasteiger partial charge is 0.378 e. The molecule has 0 bridgehead atoms. The summed E-state index contributed by atoms with van der Waals surface area (Å²) in [7, 11) is 3.83. The number of benzene rings is 2. The fourth-order valence-electron chi connectivity index (χ4n) is 3.28. The second-order valence-corrected chi connectivity index (χ2v) is 7.36. The third-order valence-electron chi connectivity index (χ3n) is 5.01. The highest BCUT2D eigenvalue weighted by atomic mass is 19.1. The molecule has 0 aliphatic carbocycles. The summed E-state index contributed by atoms with van der Waals surface area (Å²) in [4.78, 5) is 27.2. The molecular formula is C23H22FN5O2. The molecule has 0 saturated heterocycles. The number of amides is 1. The minimum atomic E-state index is -0.328. The van der Waals surface area contributed by atoms with Crippen LogP contribution in [0.1, 0.15) is 10.4 Å². The predicted molar refractivity (Wildman–Crippen MR) is 118 cm³/mol. The third kappa shape index (κ3) is 4.32. The van der Waals surface area contributed by atoms with Crippen LogP contribution >= 0.6 is 0 Å². The Kier molecular flexibility index (Phi) is 5.53. The Hall–Kier alpha value is -3.94. The molecule has 1 amide bonds. The summed E-state index contributed by atoms with van der Waals surface area (Å²) in [5, 5.41) is 7.24. The number of anilines is 1. The van der Waals surface area contributed by atoms with Crippen molar-refractivity contribution in [3.63, 3.8) is 0 Å². The molecular weight excluding hydrogens is 397 g/mol. The molecule has 4 aromatic rings. The zero-order valence-electron chi connectivity index (χ0n) is 17.2. The van der Waals surface area contributed by atoms with Gasteiger partial charge in [0.1, 0.15) is 11.3 Å². The van der Waals surface area contributed by atoms with E-state index >= 15 is 0 Å². The molecule has 0 atom stereocenters. The van der Waals surface area contributed by atoms with Crippen LogP contribution in [0, 0.1) is 5.82 Å². The number of hydrogen-bond donors (Lipinski definition) is 1. The first-order valence-corrected chi connectivity index (χ1v) is 9.83. The lowest BCUT2D eigenvalue weighted by Gasteiger charge is -2.13. The SMILES string of the molecule is CN(C)c1cccc(C(=O)NCCn2ccn3nc(-c4ccc(F)cc4)cc3c2=O)c1. The molecule has 8 heteroatoms. The number of carbonyl (C=O) groups is 1. The van der Waals surface area contributed by atoms with Crippen LogP contribution in [-0.4, -0.2) is 40.7 Å². The average molecular weight is 419 g/mol. The number of nitrogens with one attached hydrogen (secondary N) is 1. The van der Waals surface area contributed by atoms with Crippen LogP contribution in [-0.2, 0) is 6.54 Å². The van der Waals surface area contributed by atoms with Gasteiger partial charge in [0.2, 0.25) is 0 Å². The highest BCUT2D eigenvalue weighted by molar-refractivity contribution is 5.95. The molecule has 0 saturated carbocycles. The van der Waals surface area contributed by atoms with E-state index in [1.807, 2.05) is 37.2 Å². The van der Waals surface area contributed by atoms with E-state index in [1.54, 1.807) is 36.7 Å². The fourth-order valence-corrected chi connectivity index (χ4v) is 3.28. The van der Waals surface area contributed by atoms with Crippen LogP contribution in [0.2, 0.25) is 0 Å². The number of fused-ring (bicyclic) bond motifs is 1. The van der Waals surface area contributed by atoms with Gasteiger partial charge in [-0.25, -0.2) is 8.91 Å². The average Bonchev–Trinajstić information content (AvgIpc) is 3.21.